The van der Waals surface area contributed by atoms with Crippen molar-refractivity contribution in [3.8, 4) is 11.1 Å². The van der Waals surface area contributed by atoms with Crippen molar-refractivity contribution in [3.63, 3.8) is 0 Å². The van der Waals surface area contributed by atoms with Crippen molar-refractivity contribution >= 4 is 29.0 Å². The summed E-state index contributed by atoms with van der Waals surface area (Å²) < 4.78 is 14.8. The number of anilines is 1. The summed E-state index contributed by atoms with van der Waals surface area (Å²) in [5.41, 5.74) is 3.72. The normalized spacial score (nSPS) is 19.5. The summed E-state index contributed by atoms with van der Waals surface area (Å²) >= 11 is 6.33. The molecule has 2 aromatic heterocycles. The van der Waals surface area contributed by atoms with Crippen LogP contribution in [0.1, 0.15) is 12.0 Å². The first-order chi connectivity index (χ1) is 11.5. The number of aryl methyl sites for hydroxylation is 1. The molecule has 1 saturated carbocycles. The van der Waals surface area contributed by atoms with Crippen molar-refractivity contribution in [2.45, 2.75) is 19.5 Å². The fourth-order valence-electron chi connectivity index (χ4n) is 2.85. The van der Waals surface area contributed by atoms with Gasteiger partial charge in [-0.1, -0.05) is 23.7 Å². The first-order valence-electron chi connectivity index (χ1n) is 7.72. The molecule has 0 aliphatic heterocycles. The van der Waals surface area contributed by atoms with E-state index in [0.717, 1.165) is 16.7 Å². The first kappa shape index (κ1) is 15.1. The number of alkyl halides is 1. The zero-order chi connectivity index (χ0) is 16.8. The molecule has 0 bridgehead atoms. The van der Waals surface area contributed by atoms with Gasteiger partial charge in [0.1, 0.15) is 11.8 Å². The molecule has 1 fully saturated rings. The lowest BCUT2D eigenvalue weighted by Gasteiger charge is -2.08. The maximum atomic E-state index is 13.0. The largest absolute Gasteiger partial charge is 0.309 e. The molecule has 0 saturated heterocycles. The molecule has 122 valence electrons. The molecule has 1 amide bonds. The minimum Gasteiger partial charge on any atom is -0.309 e. The van der Waals surface area contributed by atoms with E-state index in [4.69, 9.17) is 11.6 Å². The lowest BCUT2D eigenvalue weighted by atomic mass is 10.0. The third-order valence-electron chi connectivity index (χ3n) is 4.26. The van der Waals surface area contributed by atoms with Crippen LogP contribution in [-0.4, -0.2) is 21.5 Å². The van der Waals surface area contributed by atoms with Crippen LogP contribution in [0.15, 0.2) is 42.7 Å². The molecule has 0 spiro atoms. The molecular formula is C18H15ClFN3O. The van der Waals surface area contributed by atoms with Crippen molar-refractivity contribution in [1.82, 2.24) is 9.38 Å². The number of hydrogen-bond acceptors (Lipinski definition) is 2. The maximum absolute atomic E-state index is 13.0. The number of hydrogen-bond donors (Lipinski definition) is 1. The summed E-state index contributed by atoms with van der Waals surface area (Å²) in [4.78, 5) is 16.2. The minimum atomic E-state index is -1.02. The molecule has 3 aromatic rings. The Labute approximate surface area is 143 Å². The van der Waals surface area contributed by atoms with Crippen molar-refractivity contribution < 1.29 is 9.18 Å². The van der Waals surface area contributed by atoms with E-state index in [2.05, 4.69) is 10.3 Å². The molecule has 4 rings (SSSR count). The Hall–Kier alpha value is -2.40. The second kappa shape index (κ2) is 5.60. The predicted molar refractivity (Wildman–Crippen MR) is 92.0 cm³/mol. The van der Waals surface area contributed by atoms with E-state index in [1.165, 1.54) is 0 Å². The van der Waals surface area contributed by atoms with Gasteiger partial charge in [0.2, 0.25) is 5.91 Å². The third kappa shape index (κ3) is 2.65. The fourth-order valence-corrected chi connectivity index (χ4v) is 3.18. The quantitative estimate of drug-likeness (QED) is 0.772. The number of carbonyl (C=O) groups excluding carboxylic acids is 1. The summed E-state index contributed by atoms with van der Waals surface area (Å²) in [6, 6.07) is 9.59. The average Bonchev–Trinajstić information content (AvgIpc) is 3.13. The lowest BCUT2D eigenvalue weighted by Crippen LogP contribution is -2.15. The van der Waals surface area contributed by atoms with E-state index in [-0.39, 0.29) is 5.91 Å². The van der Waals surface area contributed by atoms with Crippen LogP contribution in [0, 0.1) is 12.8 Å². The summed E-state index contributed by atoms with van der Waals surface area (Å²) in [7, 11) is 0. The smallest absolute Gasteiger partial charge is 0.231 e. The van der Waals surface area contributed by atoms with E-state index < -0.39 is 12.1 Å². The standard InChI is InChI=1S/C18H15ClFN3O/c1-10-3-2-4-13(19)17(10)11-5-6-16-21-15(9-23(16)8-11)22-18(24)12-7-14(12)20/h2-6,8-9,12,14H,7H2,1H3,(H,22,24)/t12-,14+/m1/s1. The van der Waals surface area contributed by atoms with Gasteiger partial charge in [-0.15, -0.1) is 0 Å². The number of rotatable bonds is 3. The van der Waals surface area contributed by atoms with E-state index in [1.54, 1.807) is 6.20 Å². The summed E-state index contributed by atoms with van der Waals surface area (Å²) in [5.74, 6) is -0.420. The van der Waals surface area contributed by atoms with Crippen LogP contribution in [0.25, 0.3) is 16.8 Å². The number of nitrogens with one attached hydrogen (secondary N) is 1. The zero-order valence-corrected chi connectivity index (χ0v) is 13.7. The van der Waals surface area contributed by atoms with Gasteiger partial charge in [-0.3, -0.25) is 4.79 Å². The molecule has 1 aliphatic carbocycles. The average molecular weight is 344 g/mol. The number of benzene rings is 1. The number of pyridine rings is 1. The minimum absolute atomic E-state index is 0.301. The third-order valence-corrected chi connectivity index (χ3v) is 4.58. The number of aromatic nitrogens is 2. The fraction of sp³-hybridized carbons (Fsp3) is 0.222. The number of fused-ring (bicyclic) bond motifs is 1. The van der Waals surface area contributed by atoms with Gasteiger partial charge < -0.3 is 9.72 Å². The van der Waals surface area contributed by atoms with E-state index in [1.807, 2.05) is 47.9 Å². The van der Waals surface area contributed by atoms with Crippen molar-refractivity contribution in [3.05, 3.63) is 53.3 Å². The molecule has 2 atom stereocenters. The predicted octanol–water partition coefficient (Wildman–Crippen LogP) is 4.26. The Bertz CT molecular complexity index is 932. The van der Waals surface area contributed by atoms with Gasteiger partial charge in [-0.25, -0.2) is 9.37 Å². The molecule has 4 nitrogen and oxygen atoms in total. The second-order valence-corrected chi connectivity index (χ2v) is 6.50. The van der Waals surface area contributed by atoms with Gasteiger partial charge in [-0.2, -0.15) is 0 Å². The summed E-state index contributed by atoms with van der Waals surface area (Å²) in [5, 5.41) is 3.35. The van der Waals surface area contributed by atoms with Crippen LogP contribution >= 0.6 is 11.6 Å². The second-order valence-electron chi connectivity index (χ2n) is 6.09. The number of imidazole rings is 1. The van der Waals surface area contributed by atoms with Gasteiger partial charge in [0, 0.05) is 22.3 Å². The van der Waals surface area contributed by atoms with Crippen LogP contribution in [0.4, 0.5) is 10.2 Å². The monoisotopic (exact) mass is 343 g/mol. The van der Waals surface area contributed by atoms with Crippen molar-refractivity contribution in [2.75, 3.05) is 5.32 Å². The number of amides is 1. The van der Waals surface area contributed by atoms with Crippen molar-refractivity contribution in [2.24, 2.45) is 5.92 Å². The molecular weight excluding hydrogens is 329 g/mol. The molecule has 1 aliphatic rings. The van der Waals surface area contributed by atoms with Gasteiger partial charge in [-0.05, 0) is 37.1 Å². The van der Waals surface area contributed by atoms with E-state index in [0.29, 0.717) is 22.9 Å². The topological polar surface area (TPSA) is 46.4 Å². The Morgan fingerprint density at radius 2 is 2.12 bits per heavy atom. The van der Waals surface area contributed by atoms with Gasteiger partial charge in [0.25, 0.3) is 0 Å². The highest BCUT2D eigenvalue weighted by Crippen LogP contribution is 2.35. The van der Waals surface area contributed by atoms with Crippen molar-refractivity contribution in [1.29, 1.82) is 0 Å². The van der Waals surface area contributed by atoms with Crippen LogP contribution in [-0.2, 0) is 4.79 Å². The van der Waals surface area contributed by atoms with Gasteiger partial charge in [0.15, 0.2) is 5.82 Å². The number of halogens is 2. The van der Waals surface area contributed by atoms with Crippen LogP contribution in [0.2, 0.25) is 5.02 Å². The Kier molecular flexibility index (Phi) is 3.53. The Balaban J connectivity index is 1.67. The highest BCUT2D eigenvalue weighted by molar-refractivity contribution is 6.33. The van der Waals surface area contributed by atoms with Gasteiger partial charge in [0.05, 0.1) is 12.1 Å². The number of nitrogens with zero attached hydrogens (tertiary/aromatic N) is 2. The lowest BCUT2D eigenvalue weighted by molar-refractivity contribution is -0.117. The van der Waals surface area contributed by atoms with Crippen LogP contribution < -0.4 is 5.32 Å². The first-order valence-corrected chi connectivity index (χ1v) is 8.10. The highest BCUT2D eigenvalue weighted by Gasteiger charge is 2.43. The van der Waals surface area contributed by atoms with Crippen LogP contribution in [0.3, 0.4) is 0 Å². The molecule has 1 N–H and O–H groups in total. The Morgan fingerprint density at radius 1 is 1.33 bits per heavy atom. The molecule has 0 unspecified atom stereocenters. The molecule has 6 heteroatoms. The molecule has 24 heavy (non-hydrogen) atoms. The van der Waals surface area contributed by atoms with E-state index in [9.17, 15) is 9.18 Å². The molecule has 0 radical (unpaired) electrons. The summed E-state index contributed by atoms with van der Waals surface area (Å²) in [6.45, 7) is 2.01. The highest BCUT2D eigenvalue weighted by atomic mass is 35.5. The van der Waals surface area contributed by atoms with Gasteiger partial charge >= 0.3 is 0 Å². The zero-order valence-electron chi connectivity index (χ0n) is 13.0. The maximum Gasteiger partial charge on any atom is 0.231 e. The van der Waals surface area contributed by atoms with Crippen LogP contribution in [0.5, 0.6) is 0 Å². The molecule has 2 heterocycles. The van der Waals surface area contributed by atoms with E-state index >= 15 is 0 Å². The Morgan fingerprint density at radius 3 is 2.83 bits per heavy atom. The molecule has 1 aromatic carbocycles. The summed E-state index contributed by atoms with van der Waals surface area (Å²) in [6.07, 6.45) is 2.92. The number of carbonyl (C=O) groups is 1. The SMILES string of the molecule is Cc1cccc(Cl)c1-c1ccc2nc(NC(=O)[C@@H]3C[C@@H]3F)cn2c1.